The molecular weight excluding hydrogens is 314 g/mol. The lowest BCUT2D eigenvalue weighted by molar-refractivity contribution is -0.292. The first-order chi connectivity index (χ1) is 11.4. The highest BCUT2D eigenvalue weighted by Crippen LogP contribution is 2.28. The van der Waals surface area contributed by atoms with Crippen LogP contribution in [0.4, 0.5) is 0 Å². The van der Waals surface area contributed by atoms with Gasteiger partial charge in [0.25, 0.3) is 0 Å². The summed E-state index contributed by atoms with van der Waals surface area (Å²) in [5, 5.41) is 2.90. The van der Waals surface area contributed by atoms with Gasteiger partial charge in [0.15, 0.2) is 6.29 Å². The van der Waals surface area contributed by atoms with Crippen molar-refractivity contribution in [3.05, 3.63) is 0 Å². The Hall–Kier alpha value is -0.730. The predicted octanol–water partition coefficient (Wildman–Crippen LogP) is 1.49. The molecule has 2 unspecified atom stereocenters. The van der Waals surface area contributed by atoms with Crippen LogP contribution in [0.1, 0.15) is 41.5 Å². The lowest BCUT2D eigenvalue weighted by atomic mass is 9.96. The normalized spacial score (nSPS) is 30.5. The van der Waals surface area contributed by atoms with Crippen molar-refractivity contribution in [2.45, 2.75) is 78.3 Å². The van der Waals surface area contributed by atoms with Gasteiger partial charge in [-0.05, 0) is 34.6 Å². The zero-order valence-electron chi connectivity index (χ0n) is 15.7. The average molecular weight is 347 g/mol. The predicted molar refractivity (Wildman–Crippen MR) is 89.8 cm³/mol. The molecule has 0 aliphatic carbocycles. The maximum atomic E-state index is 11.7. The number of carbonyl (C=O) groups excluding carboxylic acids is 1. The summed E-state index contributed by atoms with van der Waals surface area (Å²) in [6.07, 6.45) is -1.71. The van der Waals surface area contributed by atoms with Gasteiger partial charge in [-0.2, -0.15) is 0 Å². The van der Waals surface area contributed by atoms with Crippen molar-refractivity contribution in [3.8, 4) is 0 Å². The highest BCUT2D eigenvalue weighted by molar-refractivity contribution is 5.73. The number of rotatable bonds is 10. The molecule has 1 saturated heterocycles. The maximum Gasteiger partial charge on any atom is 0.217 e. The van der Waals surface area contributed by atoms with Gasteiger partial charge in [0.1, 0.15) is 24.4 Å². The molecule has 1 N–H and O–H groups in total. The second kappa shape index (κ2) is 11.0. The standard InChI is InChI=1S/C17H33NO6/c1-7-20-10-13-15(21-8-2)16(22-9-3)14(18-12(6)19)17(24-13)23-11(4)5/h11,13-17H,7-10H2,1-6H3,(H,18,19)/t13?,14-,15+,16?,17-/m0/s1. The Balaban J connectivity index is 3.07. The third kappa shape index (κ3) is 6.29. The number of carbonyl (C=O) groups is 1. The third-order valence-corrected chi connectivity index (χ3v) is 3.63. The summed E-state index contributed by atoms with van der Waals surface area (Å²) in [5.41, 5.74) is 0. The summed E-state index contributed by atoms with van der Waals surface area (Å²) < 4.78 is 29.3. The minimum absolute atomic E-state index is 0.0510. The molecule has 0 spiro atoms. The molecule has 7 nitrogen and oxygen atoms in total. The van der Waals surface area contributed by atoms with Gasteiger partial charge < -0.3 is 29.0 Å². The van der Waals surface area contributed by atoms with Crippen molar-refractivity contribution in [1.82, 2.24) is 5.32 Å². The van der Waals surface area contributed by atoms with E-state index < -0.39 is 12.3 Å². The smallest absolute Gasteiger partial charge is 0.217 e. The van der Waals surface area contributed by atoms with Gasteiger partial charge in [-0.15, -0.1) is 0 Å². The Morgan fingerprint density at radius 3 is 2.21 bits per heavy atom. The fourth-order valence-corrected chi connectivity index (χ4v) is 2.83. The molecule has 0 radical (unpaired) electrons. The van der Waals surface area contributed by atoms with E-state index in [1.807, 2.05) is 34.6 Å². The molecule has 24 heavy (non-hydrogen) atoms. The molecule has 0 aromatic heterocycles. The molecule has 1 aliphatic rings. The van der Waals surface area contributed by atoms with Gasteiger partial charge in [-0.3, -0.25) is 4.79 Å². The van der Waals surface area contributed by atoms with E-state index in [1.54, 1.807) is 0 Å². The largest absolute Gasteiger partial charge is 0.379 e. The summed E-state index contributed by atoms with van der Waals surface area (Å²) in [6, 6.07) is -0.445. The molecule has 0 bridgehead atoms. The molecule has 0 aromatic rings. The van der Waals surface area contributed by atoms with Gasteiger partial charge in [-0.1, -0.05) is 0 Å². The van der Waals surface area contributed by atoms with E-state index in [4.69, 9.17) is 23.7 Å². The Morgan fingerprint density at radius 2 is 1.71 bits per heavy atom. The van der Waals surface area contributed by atoms with Crippen LogP contribution in [0.5, 0.6) is 0 Å². The molecule has 142 valence electrons. The van der Waals surface area contributed by atoms with Crippen molar-refractivity contribution in [3.63, 3.8) is 0 Å². The van der Waals surface area contributed by atoms with Crippen LogP contribution >= 0.6 is 0 Å². The first kappa shape index (κ1) is 21.3. The summed E-state index contributed by atoms with van der Waals surface area (Å²) >= 11 is 0. The Bertz CT molecular complexity index is 365. The second-order valence-corrected chi connectivity index (χ2v) is 5.95. The molecular formula is C17H33NO6. The monoisotopic (exact) mass is 347 g/mol. The van der Waals surface area contributed by atoms with Gasteiger partial charge in [0, 0.05) is 26.7 Å². The SMILES string of the molecule is CCOCC1O[C@H](OC(C)C)[C@@H](NC(C)=O)C(OCC)[C@@H]1OCC. The van der Waals surface area contributed by atoms with E-state index >= 15 is 0 Å². The summed E-state index contributed by atoms with van der Waals surface area (Å²) in [7, 11) is 0. The van der Waals surface area contributed by atoms with E-state index in [0.717, 1.165) is 0 Å². The van der Waals surface area contributed by atoms with Gasteiger partial charge in [-0.25, -0.2) is 0 Å². The first-order valence-electron chi connectivity index (χ1n) is 8.83. The van der Waals surface area contributed by atoms with Crippen molar-refractivity contribution in [2.24, 2.45) is 0 Å². The van der Waals surface area contributed by atoms with E-state index in [9.17, 15) is 4.79 Å². The lowest BCUT2D eigenvalue weighted by Crippen LogP contribution is -2.66. The summed E-state index contributed by atoms with van der Waals surface area (Å²) in [4.78, 5) is 11.7. The molecule has 1 fully saturated rings. The molecule has 1 aliphatic heterocycles. The summed E-state index contributed by atoms with van der Waals surface area (Å²) in [6.45, 7) is 13.1. The summed E-state index contributed by atoms with van der Waals surface area (Å²) in [5.74, 6) is -0.163. The van der Waals surface area contributed by atoms with Crippen molar-refractivity contribution < 1.29 is 28.5 Å². The van der Waals surface area contributed by atoms with Crippen LogP contribution in [0.3, 0.4) is 0 Å². The Labute approximate surface area is 145 Å². The molecule has 5 atom stereocenters. The Morgan fingerprint density at radius 1 is 1.08 bits per heavy atom. The third-order valence-electron chi connectivity index (χ3n) is 3.63. The molecule has 1 rings (SSSR count). The molecule has 0 aromatic carbocycles. The quantitative estimate of drug-likeness (QED) is 0.645. The van der Waals surface area contributed by atoms with Crippen LogP contribution in [-0.4, -0.2) is 69.1 Å². The zero-order valence-corrected chi connectivity index (χ0v) is 15.7. The van der Waals surface area contributed by atoms with E-state index in [0.29, 0.717) is 26.4 Å². The number of nitrogens with one attached hydrogen (secondary N) is 1. The van der Waals surface area contributed by atoms with Crippen molar-refractivity contribution >= 4 is 5.91 Å². The highest BCUT2D eigenvalue weighted by atomic mass is 16.7. The number of hydrogen-bond donors (Lipinski definition) is 1. The van der Waals surface area contributed by atoms with Gasteiger partial charge >= 0.3 is 0 Å². The minimum Gasteiger partial charge on any atom is -0.379 e. The van der Waals surface area contributed by atoms with Crippen molar-refractivity contribution in [1.29, 1.82) is 0 Å². The van der Waals surface area contributed by atoms with Crippen LogP contribution in [0.15, 0.2) is 0 Å². The molecule has 1 heterocycles. The van der Waals surface area contributed by atoms with E-state index in [-0.39, 0.29) is 30.3 Å². The molecule has 7 heteroatoms. The van der Waals surface area contributed by atoms with Crippen LogP contribution in [-0.2, 0) is 28.5 Å². The van der Waals surface area contributed by atoms with Gasteiger partial charge in [0.2, 0.25) is 5.91 Å². The lowest BCUT2D eigenvalue weighted by Gasteiger charge is -2.46. The van der Waals surface area contributed by atoms with Crippen molar-refractivity contribution in [2.75, 3.05) is 26.4 Å². The number of ether oxygens (including phenoxy) is 5. The highest BCUT2D eigenvalue weighted by Gasteiger charge is 2.48. The fourth-order valence-electron chi connectivity index (χ4n) is 2.83. The number of amides is 1. The van der Waals surface area contributed by atoms with Gasteiger partial charge in [0.05, 0.1) is 12.7 Å². The van der Waals surface area contributed by atoms with Crippen LogP contribution in [0.2, 0.25) is 0 Å². The second-order valence-electron chi connectivity index (χ2n) is 5.95. The number of hydrogen-bond acceptors (Lipinski definition) is 6. The fraction of sp³-hybridized carbons (Fsp3) is 0.941. The van der Waals surface area contributed by atoms with E-state index in [2.05, 4.69) is 5.32 Å². The molecule has 1 amide bonds. The molecule has 0 saturated carbocycles. The average Bonchev–Trinajstić information content (AvgIpc) is 2.50. The van der Waals surface area contributed by atoms with Crippen LogP contribution < -0.4 is 5.32 Å². The maximum absolute atomic E-state index is 11.7. The van der Waals surface area contributed by atoms with Crippen LogP contribution in [0.25, 0.3) is 0 Å². The first-order valence-corrected chi connectivity index (χ1v) is 8.83. The van der Waals surface area contributed by atoms with Crippen LogP contribution in [0, 0.1) is 0 Å². The topological polar surface area (TPSA) is 75.2 Å². The Kier molecular flexibility index (Phi) is 9.76. The minimum atomic E-state index is -0.618. The zero-order chi connectivity index (χ0) is 18.1. The van der Waals surface area contributed by atoms with E-state index in [1.165, 1.54) is 6.92 Å².